The van der Waals surface area contributed by atoms with Gasteiger partial charge < -0.3 is 25.4 Å². The molecule has 1 amide bonds. The summed E-state index contributed by atoms with van der Waals surface area (Å²) in [6.07, 6.45) is 13.2. The number of carboxylic acid groups (broad SMARTS) is 2. The number of benzene rings is 1. The van der Waals surface area contributed by atoms with Crippen LogP contribution in [0.3, 0.4) is 0 Å². The molecule has 0 fully saturated rings. The number of aliphatic carboxylic acids is 2. The number of nitrogens with zero attached hydrogens (tertiary/aromatic N) is 1. The highest BCUT2D eigenvalue weighted by Gasteiger charge is 2.20. The Morgan fingerprint density at radius 1 is 1.02 bits per heavy atom. The number of phenols is 1. The molecule has 0 saturated heterocycles. The van der Waals surface area contributed by atoms with Crippen molar-refractivity contribution in [1.82, 2.24) is 10.3 Å². The molecule has 1 heterocycles. The Kier molecular flexibility index (Phi) is 13.6. The molecule has 0 aliphatic carbocycles. The first-order chi connectivity index (χ1) is 19.4. The Hall–Kier alpha value is -3.66. The van der Waals surface area contributed by atoms with Gasteiger partial charge in [0.1, 0.15) is 6.54 Å². The number of carbonyl (C=O) groups is 3. The lowest BCUT2D eigenvalue weighted by Gasteiger charge is -2.09. The number of aromatic nitrogens is 1. The van der Waals surface area contributed by atoms with E-state index >= 15 is 0 Å². The number of thiazole rings is 1. The molecule has 0 saturated carbocycles. The fourth-order valence-corrected chi connectivity index (χ4v) is 5.27. The molecule has 2 aromatic rings. The molecule has 0 bridgehead atoms. The van der Waals surface area contributed by atoms with Crippen LogP contribution in [0, 0.1) is 5.92 Å². The summed E-state index contributed by atoms with van der Waals surface area (Å²) in [6, 6.07) is 1.57. The van der Waals surface area contributed by atoms with Crippen LogP contribution in [0.15, 0.2) is 41.0 Å². The summed E-state index contributed by atoms with van der Waals surface area (Å²) in [5.74, 6) is -2.49. The van der Waals surface area contributed by atoms with E-state index in [4.69, 9.17) is 14.9 Å². The molecule has 0 aliphatic heterocycles. The van der Waals surface area contributed by atoms with Gasteiger partial charge in [-0.15, -0.1) is 11.3 Å². The average molecular weight is 587 g/mol. The maximum atomic E-state index is 12.3. The smallest absolute Gasteiger partial charge is 0.322 e. The van der Waals surface area contributed by atoms with Crippen molar-refractivity contribution in [3.63, 3.8) is 0 Å². The Balaban J connectivity index is 1.95. The Labute approximate surface area is 245 Å². The van der Waals surface area contributed by atoms with Crippen molar-refractivity contribution in [2.45, 2.75) is 79.1 Å². The van der Waals surface area contributed by atoms with E-state index in [2.05, 4.69) is 42.4 Å². The van der Waals surface area contributed by atoms with E-state index in [0.29, 0.717) is 28.6 Å². The zero-order valence-electron chi connectivity index (χ0n) is 24.6. The molecule has 10 heteroatoms. The van der Waals surface area contributed by atoms with Crippen LogP contribution in [0.5, 0.6) is 11.5 Å². The van der Waals surface area contributed by atoms with Crippen LogP contribution >= 0.6 is 11.3 Å². The maximum Gasteiger partial charge on any atom is 0.322 e. The molecule has 2 rings (SSSR count). The number of phenolic OH excluding ortho intramolecular Hbond substituents is 1. The van der Waals surface area contributed by atoms with E-state index in [1.165, 1.54) is 23.8 Å². The summed E-state index contributed by atoms with van der Waals surface area (Å²) < 4.78 is 5.96. The number of amides is 1. The van der Waals surface area contributed by atoms with Gasteiger partial charge in [-0.3, -0.25) is 14.4 Å². The number of fused-ring (bicyclic) bond motifs is 1. The lowest BCUT2D eigenvalue weighted by atomic mass is 10.0. The topological polar surface area (TPSA) is 146 Å². The largest absolute Gasteiger partial charge is 0.504 e. The number of aromatic hydroxyl groups is 1. The molecular formula is C31H42N2O7S. The summed E-state index contributed by atoms with van der Waals surface area (Å²) in [5.41, 5.74) is 4.91. The molecule has 4 N–H and O–H groups in total. The zero-order valence-corrected chi connectivity index (χ0v) is 25.4. The molecule has 0 spiro atoms. The van der Waals surface area contributed by atoms with Crippen LogP contribution in [0.4, 0.5) is 0 Å². The van der Waals surface area contributed by atoms with Gasteiger partial charge >= 0.3 is 11.9 Å². The van der Waals surface area contributed by atoms with Gasteiger partial charge in [0, 0.05) is 11.6 Å². The number of carbonyl (C=O) groups excluding carboxylic acids is 1. The van der Waals surface area contributed by atoms with Crippen molar-refractivity contribution in [2.75, 3.05) is 13.7 Å². The van der Waals surface area contributed by atoms with Crippen LogP contribution < -0.4 is 10.1 Å². The fourth-order valence-electron chi connectivity index (χ4n) is 4.25. The van der Waals surface area contributed by atoms with Crippen LogP contribution in [-0.2, 0) is 16.0 Å². The lowest BCUT2D eigenvalue weighted by molar-refractivity contribution is -0.141. The minimum Gasteiger partial charge on any atom is -0.504 e. The second kappa shape index (κ2) is 16.6. The number of allylic oxidation sites excluding steroid dienone is 6. The molecule has 1 aromatic carbocycles. The fraction of sp³-hybridized carbons (Fsp3) is 0.484. The highest BCUT2D eigenvalue weighted by molar-refractivity contribution is 7.20. The van der Waals surface area contributed by atoms with E-state index in [1.807, 2.05) is 6.92 Å². The van der Waals surface area contributed by atoms with Crippen molar-refractivity contribution < 1.29 is 34.4 Å². The Bertz CT molecular complexity index is 1320. The van der Waals surface area contributed by atoms with Gasteiger partial charge in [-0.05, 0) is 72.1 Å². The minimum absolute atomic E-state index is 0.000629. The first-order valence-electron chi connectivity index (χ1n) is 13.8. The Morgan fingerprint density at radius 2 is 1.63 bits per heavy atom. The average Bonchev–Trinajstić information content (AvgIpc) is 3.34. The van der Waals surface area contributed by atoms with Gasteiger partial charge in [-0.25, -0.2) is 4.98 Å². The second-order valence-electron chi connectivity index (χ2n) is 10.4. The van der Waals surface area contributed by atoms with Crippen molar-refractivity contribution in [3.05, 3.63) is 51.6 Å². The molecule has 41 heavy (non-hydrogen) atoms. The van der Waals surface area contributed by atoms with Gasteiger partial charge in [0.15, 0.2) is 16.5 Å². The summed E-state index contributed by atoms with van der Waals surface area (Å²) in [5, 5.41) is 31.0. The van der Waals surface area contributed by atoms with Crippen LogP contribution in [0.25, 0.3) is 10.2 Å². The molecule has 224 valence electrons. The van der Waals surface area contributed by atoms with E-state index in [9.17, 15) is 19.5 Å². The lowest BCUT2D eigenvalue weighted by Crippen LogP contribution is -2.29. The van der Waals surface area contributed by atoms with E-state index in [1.54, 1.807) is 13.0 Å². The van der Waals surface area contributed by atoms with Gasteiger partial charge in [0.2, 0.25) is 0 Å². The quantitative estimate of drug-likeness (QED) is 0.151. The minimum atomic E-state index is -1.14. The number of hydrogen-bond acceptors (Lipinski definition) is 7. The van der Waals surface area contributed by atoms with Crippen LogP contribution in [0.1, 0.15) is 88.0 Å². The second-order valence-corrected chi connectivity index (χ2v) is 11.4. The number of hydrogen-bond donors (Lipinski definition) is 4. The monoisotopic (exact) mass is 586 g/mol. The summed E-state index contributed by atoms with van der Waals surface area (Å²) >= 11 is 1.11. The predicted octanol–water partition coefficient (Wildman–Crippen LogP) is 6.66. The Morgan fingerprint density at radius 3 is 2.22 bits per heavy atom. The third-order valence-corrected chi connectivity index (χ3v) is 8.01. The number of methoxy groups -OCH3 is 1. The van der Waals surface area contributed by atoms with Crippen molar-refractivity contribution in [3.8, 4) is 11.5 Å². The first kappa shape index (κ1) is 33.5. The third-order valence-electron chi connectivity index (χ3n) is 6.88. The number of rotatable bonds is 17. The van der Waals surface area contributed by atoms with Crippen LogP contribution in [-0.4, -0.2) is 51.8 Å². The summed E-state index contributed by atoms with van der Waals surface area (Å²) in [6.45, 7) is 7.54. The molecule has 1 unspecified atom stereocenters. The van der Waals surface area contributed by atoms with Crippen LogP contribution in [0.2, 0.25) is 0 Å². The maximum absolute atomic E-state index is 12.3. The van der Waals surface area contributed by atoms with E-state index < -0.39 is 24.4 Å². The van der Waals surface area contributed by atoms with Crippen molar-refractivity contribution >= 4 is 39.4 Å². The third kappa shape index (κ3) is 11.0. The van der Waals surface area contributed by atoms with Gasteiger partial charge in [0.25, 0.3) is 5.91 Å². The molecule has 0 aliphatic rings. The van der Waals surface area contributed by atoms with Crippen molar-refractivity contribution in [2.24, 2.45) is 5.92 Å². The number of nitrogens with one attached hydrogen (secondary N) is 1. The first-order valence-corrected chi connectivity index (χ1v) is 14.6. The standard InChI is InChI=1S/C31H42N2O7S/c1-19(9-6-10-20(2)13-8-14-22(4)31(38)39)11-7-12-21(3)15-16-23-27(36)25(40-5)17-24-28(23)41-30(33-24)29(37)32-18-26(34)35/h10-11,15,17,22,36H,6-9,12-14,16,18H2,1-5H3,(H,32,37)(H,34,35)(H,38,39). The van der Waals surface area contributed by atoms with Gasteiger partial charge in [-0.1, -0.05) is 41.9 Å². The highest BCUT2D eigenvalue weighted by atomic mass is 32.1. The van der Waals surface area contributed by atoms with E-state index in [-0.39, 0.29) is 22.4 Å². The molecule has 1 aromatic heterocycles. The van der Waals surface area contributed by atoms with Gasteiger partial charge in [-0.2, -0.15) is 0 Å². The molecule has 9 nitrogen and oxygen atoms in total. The van der Waals surface area contributed by atoms with E-state index in [0.717, 1.165) is 49.9 Å². The number of ether oxygens (including phenoxy) is 1. The molecular weight excluding hydrogens is 544 g/mol. The number of carboxylic acids is 2. The SMILES string of the molecule is COc1cc2nc(C(=O)NCC(=O)O)sc2c(CC=C(C)CCC=C(C)CCC=C(C)CCCC(C)C(=O)O)c1O. The van der Waals surface area contributed by atoms with Gasteiger partial charge in [0.05, 0.1) is 23.2 Å². The highest BCUT2D eigenvalue weighted by Crippen LogP contribution is 2.39. The summed E-state index contributed by atoms with van der Waals surface area (Å²) in [7, 11) is 1.45. The predicted molar refractivity (Wildman–Crippen MR) is 162 cm³/mol. The zero-order chi connectivity index (χ0) is 30.5. The molecule has 0 radical (unpaired) electrons. The summed E-state index contributed by atoms with van der Waals surface area (Å²) in [4.78, 5) is 38.4. The normalized spacial score (nSPS) is 13.3. The van der Waals surface area contributed by atoms with Crippen molar-refractivity contribution in [1.29, 1.82) is 0 Å². The molecule has 1 atom stereocenters.